The molecular weight excluding hydrogens is 272 g/mol. The Labute approximate surface area is 135 Å². The fourth-order valence-corrected chi connectivity index (χ4v) is 4.11. The summed E-state index contributed by atoms with van der Waals surface area (Å²) in [6.45, 7) is 3.75. The Balaban J connectivity index is 1.56. The molecule has 1 aromatic carbocycles. The zero-order valence-electron chi connectivity index (χ0n) is 13.9. The topological polar surface area (TPSA) is 24.5 Å². The van der Waals surface area contributed by atoms with Gasteiger partial charge in [-0.1, -0.05) is 19.3 Å². The normalized spacial score (nSPS) is 26.6. The van der Waals surface area contributed by atoms with Crippen LogP contribution in [0.4, 0.5) is 5.69 Å². The number of ether oxygens (including phenoxy) is 1. The van der Waals surface area contributed by atoms with Crippen molar-refractivity contribution in [2.75, 3.05) is 32.1 Å². The number of likely N-dealkylation sites (tertiary alicyclic amines) is 1. The molecule has 0 radical (unpaired) electrons. The Bertz CT molecular complexity index is 439. The van der Waals surface area contributed by atoms with Gasteiger partial charge in [0.1, 0.15) is 5.75 Å². The van der Waals surface area contributed by atoms with Crippen molar-refractivity contribution in [3.8, 4) is 5.75 Å². The average Bonchev–Trinajstić information content (AvgIpc) is 2.61. The molecule has 3 rings (SSSR count). The van der Waals surface area contributed by atoms with E-state index in [4.69, 9.17) is 4.74 Å². The number of anilines is 1. The van der Waals surface area contributed by atoms with E-state index in [1.807, 2.05) is 12.1 Å². The Morgan fingerprint density at radius 2 is 1.73 bits per heavy atom. The first-order chi connectivity index (χ1) is 10.9. The average molecular weight is 302 g/mol. The Kier molecular flexibility index (Phi) is 5.60. The maximum absolute atomic E-state index is 5.23. The molecule has 3 nitrogen and oxygen atoms in total. The molecule has 2 atom stereocenters. The minimum absolute atomic E-state index is 0.800. The van der Waals surface area contributed by atoms with Crippen LogP contribution in [0.1, 0.15) is 44.9 Å². The first-order valence-corrected chi connectivity index (χ1v) is 8.99. The Morgan fingerprint density at radius 3 is 2.45 bits per heavy atom. The highest BCUT2D eigenvalue weighted by atomic mass is 16.5. The monoisotopic (exact) mass is 302 g/mol. The first kappa shape index (κ1) is 15.7. The van der Waals surface area contributed by atoms with Crippen molar-refractivity contribution >= 4 is 5.69 Å². The zero-order valence-corrected chi connectivity index (χ0v) is 13.9. The summed E-state index contributed by atoms with van der Waals surface area (Å²) in [5, 5.41) is 3.65. The molecule has 2 fully saturated rings. The van der Waals surface area contributed by atoms with E-state index in [-0.39, 0.29) is 0 Å². The molecular formula is C19H30N2O. The number of benzene rings is 1. The Hall–Kier alpha value is -1.22. The highest BCUT2D eigenvalue weighted by Gasteiger charge is 2.30. The van der Waals surface area contributed by atoms with Crippen LogP contribution in [0.2, 0.25) is 0 Å². The molecule has 3 heteroatoms. The summed E-state index contributed by atoms with van der Waals surface area (Å²) in [5.74, 6) is 1.73. The lowest BCUT2D eigenvalue weighted by Gasteiger charge is -2.42. The lowest BCUT2D eigenvalue weighted by atomic mass is 9.82. The lowest BCUT2D eigenvalue weighted by molar-refractivity contribution is 0.0897. The molecule has 0 unspecified atom stereocenters. The summed E-state index contributed by atoms with van der Waals surface area (Å²) >= 11 is 0. The van der Waals surface area contributed by atoms with Gasteiger partial charge >= 0.3 is 0 Å². The van der Waals surface area contributed by atoms with Crippen molar-refractivity contribution in [3.05, 3.63) is 24.3 Å². The number of nitrogens with zero attached hydrogens (tertiary/aromatic N) is 1. The smallest absolute Gasteiger partial charge is 0.119 e. The van der Waals surface area contributed by atoms with Gasteiger partial charge in [-0.15, -0.1) is 0 Å². The summed E-state index contributed by atoms with van der Waals surface area (Å²) in [6.07, 6.45) is 9.82. The van der Waals surface area contributed by atoms with Gasteiger partial charge in [-0.05, 0) is 69.0 Å². The van der Waals surface area contributed by atoms with E-state index in [0.717, 1.165) is 24.3 Å². The van der Waals surface area contributed by atoms with Crippen LogP contribution in [0, 0.1) is 5.92 Å². The van der Waals surface area contributed by atoms with E-state index in [9.17, 15) is 0 Å². The zero-order chi connectivity index (χ0) is 15.2. The van der Waals surface area contributed by atoms with Crippen LogP contribution in [0.25, 0.3) is 0 Å². The first-order valence-electron chi connectivity index (χ1n) is 8.99. The number of hydrogen-bond acceptors (Lipinski definition) is 3. The fraction of sp³-hybridized carbons (Fsp3) is 0.684. The molecule has 1 N–H and O–H groups in total. The largest absolute Gasteiger partial charge is 0.497 e. The highest BCUT2D eigenvalue weighted by molar-refractivity contribution is 5.46. The summed E-state index contributed by atoms with van der Waals surface area (Å²) < 4.78 is 5.23. The molecule has 1 aliphatic heterocycles. The van der Waals surface area contributed by atoms with Gasteiger partial charge in [0.2, 0.25) is 0 Å². The summed E-state index contributed by atoms with van der Waals surface area (Å²) in [7, 11) is 1.72. The second kappa shape index (κ2) is 7.87. The summed E-state index contributed by atoms with van der Waals surface area (Å²) in [4.78, 5) is 2.78. The van der Waals surface area contributed by atoms with Crippen molar-refractivity contribution in [2.24, 2.45) is 5.92 Å². The van der Waals surface area contributed by atoms with Crippen molar-refractivity contribution in [1.29, 1.82) is 0 Å². The van der Waals surface area contributed by atoms with Crippen LogP contribution in [-0.2, 0) is 0 Å². The van der Waals surface area contributed by atoms with Crippen LogP contribution in [-0.4, -0.2) is 37.7 Å². The van der Waals surface area contributed by atoms with E-state index < -0.39 is 0 Å². The molecule has 22 heavy (non-hydrogen) atoms. The molecule has 1 heterocycles. The van der Waals surface area contributed by atoms with Gasteiger partial charge in [-0.25, -0.2) is 0 Å². The minimum Gasteiger partial charge on any atom is -0.497 e. The number of nitrogens with one attached hydrogen (secondary N) is 1. The molecule has 2 aliphatic rings. The third kappa shape index (κ3) is 3.95. The number of hydrogen-bond donors (Lipinski definition) is 1. The molecule has 0 bridgehead atoms. The molecule has 122 valence electrons. The predicted octanol–water partition coefficient (Wildman–Crippen LogP) is 4.15. The van der Waals surface area contributed by atoms with E-state index in [2.05, 4.69) is 22.3 Å². The van der Waals surface area contributed by atoms with Gasteiger partial charge in [-0.3, -0.25) is 0 Å². The van der Waals surface area contributed by atoms with Crippen molar-refractivity contribution in [3.63, 3.8) is 0 Å². The molecule has 1 aromatic rings. The van der Waals surface area contributed by atoms with E-state index in [1.165, 1.54) is 63.7 Å². The van der Waals surface area contributed by atoms with Gasteiger partial charge in [-0.2, -0.15) is 0 Å². The van der Waals surface area contributed by atoms with E-state index >= 15 is 0 Å². The molecule has 1 aliphatic carbocycles. The highest BCUT2D eigenvalue weighted by Crippen LogP contribution is 2.30. The fourth-order valence-electron chi connectivity index (χ4n) is 4.11. The summed E-state index contributed by atoms with van der Waals surface area (Å²) in [5.41, 5.74) is 1.21. The van der Waals surface area contributed by atoms with E-state index in [0.29, 0.717) is 0 Å². The lowest BCUT2D eigenvalue weighted by Crippen LogP contribution is -2.46. The van der Waals surface area contributed by atoms with Gasteiger partial charge < -0.3 is 15.0 Å². The van der Waals surface area contributed by atoms with Crippen LogP contribution in [0.5, 0.6) is 5.75 Å². The molecule has 1 saturated carbocycles. The van der Waals surface area contributed by atoms with Gasteiger partial charge in [0.25, 0.3) is 0 Å². The molecule has 0 spiro atoms. The van der Waals surface area contributed by atoms with Crippen molar-refractivity contribution < 1.29 is 4.74 Å². The quantitative estimate of drug-likeness (QED) is 0.884. The van der Waals surface area contributed by atoms with Crippen LogP contribution in [0.15, 0.2) is 24.3 Å². The molecule has 1 saturated heterocycles. The second-order valence-electron chi connectivity index (χ2n) is 6.82. The maximum Gasteiger partial charge on any atom is 0.119 e. The van der Waals surface area contributed by atoms with Crippen LogP contribution >= 0.6 is 0 Å². The summed E-state index contributed by atoms with van der Waals surface area (Å²) in [6, 6.07) is 9.12. The van der Waals surface area contributed by atoms with E-state index in [1.54, 1.807) is 7.11 Å². The molecule has 0 aromatic heterocycles. The minimum atomic E-state index is 0.800. The Morgan fingerprint density at radius 1 is 1.00 bits per heavy atom. The van der Waals surface area contributed by atoms with Gasteiger partial charge in [0, 0.05) is 18.3 Å². The number of methoxy groups -OCH3 is 1. The predicted molar refractivity (Wildman–Crippen MR) is 92.7 cm³/mol. The maximum atomic E-state index is 5.23. The standard InChI is InChI=1S/C19H30N2O/c1-22-18-11-9-17(10-12-18)20-15-16-7-3-4-8-19(16)21-13-5-2-6-14-21/h9-12,16,19-20H,2-8,13-15H2,1H3/t16-,19-/m1/s1. The number of rotatable bonds is 5. The third-order valence-corrected chi connectivity index (χ3v) is 5.39. The van der Waals surface area contributed by atoms with Crippen molar-refractivity contribution in [2.45, 2.75) is 51.0 Å². The van der Waals surface area contributed by atoms with Crippen LogP contribution in [0.3, 0.4) is 0 Å². The third-order valence-electron chi connectivity index (χ3n) is 5.39. The van der Waals surface area contributed by atoms with Gasteiger partial charge in [0.15, 0.2) is 0 Å². The SMILES string of the molecule is COc1ccc(NC[C@H]2CCCC[C@H]2N2CCCCC2)cc1. The van der Waals surface area contributed by atoms with Crippen LogP contribution < -0.4 is 10.1 Å². The second-order valence-corrected chi connectivity index (χ2v) is 6.82. The van der Waals surface area contributed by atoms with Gasteiger partial charge in [0.05, 0.1) is 7.11 Å². The van der Waals surface area contributed by atoms with Crippen molar-refractivity contribution in [1.82, 2.24) is 4.90 Å². The molecule has 0 amide bonds. The number of piperidine rings is 1.